The van der Waals surface area contributed by atoms with Crippen molar-refractivity contribution < 1.29 is 59.0 Å². The summed E-state index contributed by atoms with van der Waals surface area (Å²) < 4.78 is 90.8. The molecule has 26 heteroatoms. The van der Waals surface area contributed by atoms with Crippen LogP contribution in [0, 0.1) is 0 Å². The van der Waals surface area contributed by atoms with E-state index in [0.29, 0.717) is 58.6 Å². The Balaban J connectivity index is 0.000000171. The molecule has 97 heavy (non-hydrogen) atoms. The maximum Gasteiger partial charge on any atom is 0.338 e. The number of amides is 1. The van der Waals surface area contributed by atoms with E-state index < -0.39 is 61.5 Å². The van der Waals surface area contributed by atoms with Crippen LogP contribution >= 0.6 is 34.0 Å². The van der Waals surface area contributed by atoms with Crippen molar-refractivity contribution in [1.82, 2.24) is 25.2 Å². The molecule has 2 aliphatic heterocycles. The number of carboxylic acids is 1. The molecule has 2 aliphatic rings. The van der Waals surface area contributed by atoms with Gasteiger partial charge in [0.1, 0.15) is 23.2 Å². The van der Waals surface area contributed by atoms with Crippen LogP contribution in [-0.4, -0.2) is 125 Å². The molecule has 0 bridgehead atoms. The number of carboxylic acid groups (broad SMARTS) is 1. The number of benzene rings is 6. The van der Waals surface area contributed by atoms with E-state index in [1.54, 1.807) is 62.1 Å². The number of hydrogen-bond donors (Lipinski definition) is 4. The minimum Gasteiger partial charge on any atom is -0.478 e. The molecule has 5 N–H and O–H groups in total. The fraction of sp³-hybridized carbons (Fsp3) is 0.324. The molecular formula is C71H82N6O13S6Si. The van der Waals surface area contributed by atoms with Crippen molar-refractivity contribution in [3.8, 4) is 33.4 Å². The van der Waals surface area contributed by atoms with Crippen LogP contribution in [0.2, 0.25) is 18.1 Å². The number of carbonyl (C=O) groups is 3. The molecule has 0 unspecified atom stereocenters. The molecule has 11 rings (SSSR count). The third-order valence-corrected chi connectivity index (χ3v) is 30.4. The Kier molecular flexibility index (Phi) is 24.9. The average molecular weight is 1450 g/mol. The lowest BCUT2D eigenvalue weighted by molar-refractivity contribution is 0.00687. The second-order valence-electron chi connectivity index (χ2n) is 25.5. The maximum absolute atomic E-state index is 13.3. The molecule has 0 saturated carbocycles. The van der Waals surface area contributed by atoms with Crippen molar-refractivity contribution in [3.05, 3.63) is 196 Å². The zero-order chi connectivity index (χ0) is 70.7. The van der Waals surface area contributed by atoms with Crippen molar-refractivity contribution in [2.45, 2.75) is 151 Å². The lowest BCUT2D eigenvalue weighted by atomic mass is 10.0. The smallest absolute Gasteiger partial charge is 0.338 e. The summed E-state index contributed by atoms with van der Waals surface area (Å²) in [5.41, 5.74) is 9.45. The molecule has 1 amide bonds. The van der Waals surface area contributed by atoms with Gasteiger partial charge in [-0.05, 0) is 159 Å². The average Bonchev–Trinajstić information content (AvgIpc) is 1.78. The zero-order valence-corrected chi connectivity index (χ0v) is 61.7. The highest BCUT2D eigenvalue weighted by molar-refractivity contribution is 7.94. The summed E-state index contributed by atoms with van der Waals surface area (Å²) >= 11 is 3.27. The van der Waals surface area contributed by atoms with E-state index in [2.05, 4.69) is 54.1 Å². The summed E-state index contributed by atoms with van der Waals surface area (Å²) in [5.74, 6) is -2.04. The Bertz CT molecular complexity index is 4570. The number of aromatic nitrogens is 3. The highest BCUT2D eigenvalue weighted by Crippen LogP contribution is 2.39. The lowest BCUT2D eigenvalue weighted by Gasteiger charge is -2.38. The molecule has 6 aromatic carbocycles. The van der Waals surface area contributed by atoms with Crippen molar-refractivity contribution in [2.24, 2.45) is 5.73 Å². The van der Waals surface area contributed by atoms with Gasteiger partial charge in [-0.3, -0.25) is 4.79 Å². The third-order valence-electron chi connectivity index (χ3n) is 16.0. The molecule has 2 saturated heterocycles. The topological polar surface area (TPSA) is 293 Å². The van der Waals surface area contributed by atoms with E-state index in [0.717, 1.165) is 73.8 Å². The fourth-order valence-electron chi connectivity index (χ4n) is 9.81. The molecule has 0 aliphatic carbocycles. The normalized spacial score (nSPS) is 15.1. The van der Waals surface area contributed by atoms with Crippen molar-refractivity contribution in [1.29, 1.82) is 0 Å². The lowest BCUT2D eigenvalue weighted by Crippen LogP contribution is -2.44. The molecule has 0 radical (unpaired) electrons. The number of ether oxygens (including phenoxy) is 1. The number of rotatable bonds is 17. The van der Waals surface area contributed by atoms with E-state index in [9.17, 15) is 49.9 Å². The number of carbonyl (C=O) groups excluding carboxylic acids is 2. The van der Waals surface area contributed by atoms with Gasteiger partial charge in [0.05, 0.1) is 66.6 Å². The van der Waals surface area contributed by atoms with Gasteiger partial charge in [0, 0.05) is 31.7 Å². The number of thiazole rings is 3. The Morgan fingerprint density at radius 1 is 0.588 bits per heavy atom. The van der Waals surface area contributed by atoms with Gasteiger partial charge in [-0.25, -0.2) is 49.8 Å². The number of aliphatic hydroxyl groups excluding tert-OH is 1. The summed E-state index contributed by atoms with van der Waals surface area (Å²) in [6.45, 7) is 23.7. The monoisotopic (exact) mass is 1450 g/mol. The van der Waals surface area contributed by atoms with Gasteiger partial charge in [0.2, 0.25) is 29.5 Å². The second kappa shape index (κ2) is 32.0. The molecule has 2 fully saturated rings. The highest BCUT2D eigenvalue weighted by atomic mass is 32.2. The Labute approximate surface area is 581 Å². The number of nitrogens with zero attached hydrogens (tertiary/aromatic N) is 4. The number of aliphatic hydroxyl groups is 1. The number of aryl methyl sites for hydroxylation is 2. The zero-order valence-electron chi connectivity index (χ0n) is 55.8. The number of esters is 1. The summed E-state index contributed by atoms with van der Waals surface area (Å²) in [5, 5.41) is 24.8. The fourth-order valence-corrected chi connectivity index (χ4v) is 18.9. The molecule has 514 valence electrons. The van der Waals surface area contributed by atoms with Crippen LogP contribution in [0.1, 0.15) is 114 Å². The predicted molar refractivity (Wildman–Crippen MR) is 383 cm³/mol. The van der Waals surface area contributed by atoms with Gasteiger partial charge in [-0.15, -0.1) is 34.0 Å². The molecule has 19 nitrogen and oxygen atoms in total. The molecule has 3 aromatic heterocycles. The van der Waals surface area contributed by atoms with Crippen molar-refractivity contribution >= 4 is 89.7 Å². The van der Waals surface area contributed by atoms with Crippen LogP contribution in [0.5, 0.6) is 0 Å². The van der Waals surface area contributed by atoms with Gasteiger partial charge in [-0.2, -0.15) is 0 Å². The highest BCUT2D eigenvalue weighted by Gasteiger charge is 2.40. The van der Waals surface area contributed by atoms with E-state index in [1.165, 1.54) is 55.3 Å². The molecule has 5 heterocycles. The Morgan fingerprint density at radius 2 is 0.990 bits per heavy atom. The van der Waals surface area contributed by atoms with Gasteiger partial charge >= 0.3 is 11.9 Å². The first-order valence-corrected chi connectivity index (χ1v) is 41.3. The molecular weight excluding hydrogens is 1370 g/mol. The Morgan fingerprint density at radius 3 is 1.34 bits per heavy atom. The summed E-state index contributed by atoms with van der Waals surface area (Å²) in [6, 6.07) is 41.2. The van der Waals surface area contributed by atoms with Crippen LogP contribution < -0.4 is 11.1 Å². The number of hydrogen-bond acceptors (Lipinski definition) is 20. The van der Waals surface area contributed by atoms with Crippen LogP contribution in [-0.2, 0) is 58.1 Å². The first-order valence-electron chi connectivity index (χ1n) is 31.5. The SMILES string of the molecule is CC(C)(C)[Si](C)(C)O[C@@H]1CCNC1.CCc1ncc(S(=O)(=O)c2cc(C(=O)O)cc(-c3ccccc3)c2)s1.CCc1ncc(S(=O)(=O)c2cc(C(=O)OC(C)(C)C)cc(-c3ccccc3)c2)s1.NCc1ncc(S(=O)(=O)c2cc(C(=O)N3CC[C@@H](O)C3)cc(-c3ccccc3)c2)s1. The minimum absolute atomic E-state index is 0.0270. The van der Waals surface area contributed by atoms with Crippen molar-refractivity contribution in [2.75, 3.05) is 26.2 Å². The third kappa shape index (κ3) is 19.5. The quantitative estimate of drug-likeness (QED) is 0.0486. The van der Waals surface area contributed by atoms with E-state index >= 15 is 0 Å². The van der Waals surface area contributed by atoms with Crippen LogP contribution in [0.25, 0.3) is 33.4 Å². The van der Waals surface area contributed by atoms with Crippen LogP contribution in [0.3, 0.4) is 0 Å². The number of likely N-dealkylation sites (tertiary alicyclic amines) is 1. The summed E-state index contributed by atoms with van der Waals surface area (Å²) in [7, 11) is -13.0. The van der Waals surface area contributed by atoms with Gasteiger partial charge < -0.3 is 35.3 Å². The number of nitrogens with two attached hydrogens (primary N) is 1. The molecule has 9 aromatic rings. The van der Waals surface area contributed by atoms with Crippen LogP contribution in [0.4, 0.5) is 0 Å². The van der Waals surface area contributed by atoms with Crippen LogP contribution in [0.15, 0.2) is 191 Å². The summed E-state index contributed by atoms with van der Waals surface area (Å²) in [4.78, 5) is 51.0. The van der Waals surface area contributed by atoms with Gasteiger partial charge in [-0.1, -0.05) is 126 Å². The number of aromatic carboxylic acids is 1. The maximum atomic E-state index is 13.3. The van der Waals surface area contributed by atoms with Gasteiger partial charge in [0.15, 0.2) is 8.32 Å². The minimum atomic E-state index is -3.87. The predicted octanol–water partition coefficient (Wildman–Crippen LogP) is 13.7. The standard InChI is InChI=1S/C22H23NO4S2.C21H21N3O4S2.C18H15NO4S2.C10H23NOSi/c1-5-19-23-14-20(28-19)29(25,26)18-12-16(15-9-7-6-8-10-15)11-17(13-18)21(24)27-22(2,3)4;22-11-19-23-12-20(29-19)30(27,28)18-9-15(14-4-2-1-3-5-14)8-16(10-18)21(26)24-7-6-17(25)13-24;1-2-16-19-11-17(24-16)25(22,23)15-9-13(8-14(10-15)18(20)21)12-6-4-3-5-7-12;1-10(2,3)13(4,5)12-9-6-7-11-8-9/h6-14H,5H2,1-4H3;1-5,8-10,12,17,25H,6-7,11,13,22H2;3-11H,2H2,1H3,(H,20,21);9,11H,6-8H2,1-5H3/t;17-;;9-/m.1.1/s1. The van der Waals surface area contributed by atoms with E-state index in [-0.39, 0.29) is 63.0 Å². The number of nitrogens with one attached hydrogen (secondary N) is 1. The summed E-state index contributed by atoms with van der Waals surface area (Å²) in [6.07, 6.45) is 6.93. The first-order chi connectivity index (χ1) is 45.7. The molecule has 0 spiro atoms. The Hall–Kier alpha value is -7.47. The largest absolute Gasteiger partial charge is 0.478 e. The molecule has 2 atom stereocenters. The van der Waals surface area contributed by atoms with Crippen molar-refractivity contribution in [3.63, 3.8) is 0 Å². The van der Waals surface area contributed by atoms with Gasteiger partial charge in [0.25, 0.3) is 5.91 Å². The van der Waals surface area contributed by atoms with E-state index in [1.807, 2.05) is 92.7 Å². The second-order valence-corrected chi connectivity index (χ2v) is 40.1. The first kappa shape index (κ1) is 75.3. The number of β-amino-alcohol motifs (C(OH)–C–C–N with tert-alkyl or cyclic N) is 1. The van der Waals surface area contributed by atoms with E-state index in [4.69, 9.17) is 14.9 Å². The number of sulfone groups is 3.